The van der Waals surface area contributed by atoms with E-state index < -0.39 is 5.82 Å². The molecule has 0 saturated carbocycles. The molecule has 4 rings (SSSR count). The molecular weight excluding hydrogens is 383 g/mol. The molecule has 2 N–H and O–H groups in total. The van der Waals surface area contributed by atoms with Crippen molar-refractivity contribution in [1.29, 1.82) is 0 Å². The van der Waals surface area contributed by atoms with Crippen LogP contribution in [0.5, 0.6) is 11.5 Å². The molecule has 6 nitrogen and oxygen atoms in total. The molecule has 2 heterocycles. The second-order valence-corrected chi connectivity index (χ2v) is 7.00. The van der Waals surface area contributed by atoms with Crippen molar-refractivity contribution >= 4 is 34.0 Å². The van der Waals surface area contributed by atoms with Crippen molar-refractivity contribution in [2.75, 3.05) is 25.5 Å². The zero-order valence-corrected chi connectivity index (χ0v) is 16.1. The van der Waals surface area contributed by atoms with Gasteiger partial charge in [-0.25, -0.2) is 14.4 Å². The maximum absolute atomic E-state index is 14.1. The summed E-state index contributed by atoms with van der Waals surface area (Å²) in [5, 5.41) is 7.45. The number of halogens is 2. The molecule has 1 aromatic heterocycles. The van der Waals surface area contributed by atoms with Crippen LogP contribution in [0.15, 0.2) is 36.7 Å². The van der Waals surface area contributed by atoms with E-state index in [0.717, 1.165) is 25.9 Å². The van der Waals surface area contributed by atoms with Crippen LogP contribution in [0.1, 0.15) is 12.8 Å². The quantitative estimate of drug-likeness (QED) is 0.663. The smallest absolute Gasteiger partial charge is 0.162 e. The van der Waals surface area contributed by atoms with Gasteiger partial charge in [0.1, 0.15) is 24.1 Å². The Kier molecular flexibility index (Phi) is 5.45. The van der Waals surface area contributed by atoms with Crippen LogP contribution in [-0.4, -0.2) is 36.3 Å². The SMILES string of the molecule is COc1cc2ncnc(Nc3cc(Cl)ccc3F)c2cc1OC1CCNCC1. The molecule has 28 heavy (non-hydrogen) atoms. The number of hydrogen-bond donors (Lipinski definition) is 2. The molecule has 1 aliphatic heterocycles. The lowest BCUT2D eigenvalue weighted by Gasteiger charge is -2.25. The van der Waals surface area contributed by atoms with Crippen LogP contribution in [0, 0.1) is 5.82 Å². The molecule has 3 aromatic rings. The van der Waals surface area contributed by atoms with E-state index in [4.69, 9.17) is 21.1 Å². The number of fused-ring (bicyclic) bond motifs is 1. The molecule has 1 fully saturated rings. The maximum atomic E-state index is 14.1. The molecule has 1 saturated heterocycles. The van der Waals surface area contributed by atoms with Crippen LogP contribution >= 0.6 is 11.6 Å². The predicted molar refractivity (Wildman–Crippen MR) is 107 cm³/mol. The van der Waals surface area contributed by atoms with Crippen molar-refractivity contribution in [3.05, 3.63) is 47.5 Å². The molecule has 0 atom stereocenters. The van der Waals surface area contributed by atoms with Gasteiger partial charge in [-0.2, -0.15) is 0 Å². The van der Waals surface area contributed by atoms with Gasteiger partial charge in [0, 0.05) is 16.5 Å². The fraction of sp³-hybridized carbons (Fsp3) is 0.300. The molecule has 0 amide bonds. The number of rotatable bonds is 5. The lowest BCUT2D eigenvalue weighted by atomic mass is 10.1. The minimum Gasteiger partial charge on any atom is -0.493 e. The molecule has 8 heteroatoms. The summed E-state index contributed by atoms with van der Waals surface area (Å²) in [5.74, 6) is 1.26. The Balaban J connectivity index is 1.72. The first-order chi connectivity index (χ1) is 13.6. The fourth-order valence-electron chi connectivity index (χ4n) is 3.23. The Morgan fingerprint density at radius 3 is 2.75 bits per heavy atom. The third kappa shape index (κ3) is 3.95. The summed E-state index contributed by atoms with van der Waals surface area (Å²) >= 11 is 5.99. The van der Waals surface area contributed by atoms with E-state index in [2.05, 4.69) is 20.6 Å². The van der Waals surface area contributed by atoms with Gasteiger partial charge in [0.15, 0.2) is 11.5 Å². The third-order valence-electron chi connectivity index (χ3n) is 4.68. The Morgan fingerprint density at radius 1 is 1.14 bits per heavy atom. The first-order valence-electron chi connectivity index (χ1n) is 9.06. The van der Waals surface area contributed by atoms with Crippen LogP contribution in [0.25, 0.3) is 10.9 Å². The predicted octanol–water partition coefficient (Wildman–Crippen LogP) is 4.31. The van der Waals surface area contributed by atoms with Crippen LogP contribution in [-0.2, 0) is 0 Å². The summed E-state index contributed by atoms with van der Waals surface area (Å²) in [7, 11) is 1.60. The first-order valence-corrected chi connectivity index (χ1v) is 9.44. The number of hydrogen-bond acceptors (Lipinski definition) is 6. The Hall–Kier alpha value is -2.64. The average Bonchev–Trinajstić information content (AvgIpc) is 2.71. The topological polar surface area (TPSA) is 68.3 Å². The molecule has 0 unspecified atom stereocenters. The summed E-state index contributed by atoms with van der Waals surface area (Å²) in [6.07, 6.45) is 3.37. The molecule has 2 aromatic carbocycles. The molecule has 0 spiro atoms. The number of methoxy groups -OCH3 is 1. The summed E-state index contributed by atoms with van der Waals surface area (Å²) in [6, 6.07) is 7.95. The summed E-state index contributed by atoms with van der Waals surface area (Å²) in [4.78, 5) is 8.58. The van der Waals surface area contributed by atoms with Gasteiger partial charge >= 0.3 is 0 Å². The Labute approximate surface area is 167 Å². The van der Waals surface area contributed by atoms with Crippen molar-refractivity contribution in [2.24, 2.45) is 0 Å². The summed E-state index contributed by atoms with van der Waals surface area (Å²) in [6.45, 7) is 1.84. The second-order valence-electron chi connectivity index (χ2n) is 6.56. The fourth-order valence-corrected chi connectivity index (χ4v) is 3.40. The first kappa shape index (κ1) is 18.7. The van der Waals surface area contributed by atoms with Crippen molar-refractivity contribution in [2.45, 2.75) is 18.9 Å². The lowest BCUT2D eigenvalue weighted by Crippen LogP contribution is -2.34. The minimum absolute atomic E-state index is 0.110. The van der Waals surface area contributed by atoms with Crippen molar-refractivity contribution < 1.29 is 13.9 Å². The van der Waals surface area contributed by atoms with E-state index in [1.807, 2.05) is 6.07 Å². The van der Waals surface area contributed by atoms with E-state index >= 15 is 0 Å². The van der Waals surface area contributed by atoms with Gasteiger partial charge < -0.3 is 20.1 Å². The van der Waals surface area contributed by atoms with E-state index in [1.54, 1.807) is 13.2 Å². The van der Waals surface area contributed by atoms with Crippen LogP contribution in [0.2, 0.25) is 5.02 Å². The van der Waals surface area contributed by atoms with E-state index in [9.17, 15) is 4.39 Å². The normalized spacial score (nSPS) is 14.8. The third-order valence-corrected chi connectivity index (χ3v) is 4.92. The highest BCUT2D eigenvalue weighted by molar-refractivity contribution is 6.30. The molecule has 1 aliphatic rings. The van der Waals surface area contributed by atoms with Crippen molar-refractivity contribution in [3.63, 3.8) is 0 Å². The lowest BCUT2D eigenvalue weighted by molar-refractivity contribution is 0.157. The minimum atomic E-state index is -0.421. The van der Waals surface area contributed by atoms with Crippen LogP contribution < -0.4 is 20.1 Å². The van der Waals surface area contributed by atoms with Crippen LogP contribution in [0.4, 0.5) is 15.9 Å². The number of aromatic nitrogens is 2. The van der Waals surface area contributed by atoms with E-state index in [1.165, 1.54) is 24.5 Å². The highest BCUT2D eigenvalue weighted by atomic mass is 35.5. The van der Waals surface area contributed by atoms with E-state index in [0.29, 0.717) is 33.2 Å². The standard InChI is InChI=1S/C20H20ClFN4O2/c1-27-18-10-16-14(9-19(18)28-13-4-6-23-7-5-13)20(25-11-24-16)26-17-8-12(21)2-3-15(17)22/h2-3,8-11,13,23H,4-7H2,1H3,(H,24,25,26). The second kappa shape index (κ2) is 8.16. The number of ether oxygens (including phenoxy) is 2. The van der Waals surface area contributed by atoms with Gasteiger partial charge in [-0.15, -0.1) is 0 Å². The summed E-state index contributed by atoms with van der Waals surface area (Å²) < 4.78 is 25.8. The number of benzene rings is 2. The monoisotopic (exact) mass is 402 g/mol. The van der Waals surface area contributed by atoms with Crippen LogP contribution in [0.3, 0.4) is 0 Å². The number of nitrogens with one attached hydrogen (secondary N) is 2. The van der Waals surface area contributed by atoms with Gasteiger partial charge in [0.2, 0.25) is 0 Å². The number of anilines is 2. The maximum Gasteiger partial charge on any atom is 0.162 e. The van der Waals surface area contributed by atoms with E-state index in [-0.39, 0.29) is 11.8 Å². The molecule has 0 radical (unpaired) electrons. The van der Waals surface area contributed by atoms with Crippen molar-refractivity contribution in [1.82, 2.24) is 15.3 Å². The zero-order chi connectivity index (χ0) is 19.5. The highest BCUT2D eigenvalue weighted by Gasteiger charge is 2.19. The zero-order valence-electron chi connectivity index (χ0n) is 15.3. The number of nitrogens with zero attached hydrogens (tertiary/aromatic N) is 2. The Bertz CT molecular complexity index is 995. The number of piperidine rings is 1. The van der Waals surface area contributed by atoms with Gasteiger partial charge in [0.05, 0.1) is 18.3 Å². The van der Waals surface area contributed by atoms with Gasteiger partial charge in [-0.05, 0) is 50.2 Å². The Morgan fingerprint density at radius 2 is 1.96 bits per heavy atom. The van der Waals surface area contributed by atoms with Crippen molar-refractivity contribution in [3.8, 4) is 11.5 Å². The molecule has 0 bridgehead atoms. The average molecular weight is 403 g/mol. The van der Waals surface area contributed by atoms with Gasteiger partial charge in [-0.3, -0.25) is 0 Å². The summed E-state index contributed by atoms with van der Waals surface area (Å²) in [5.41, 5.74) is 0.901. The molecule has 0 aliphatic carbocycles. The largest absolute Gasteiger partial charge is 0.493 e. The highest BCUT2D eigenvalue weighted by Crippen LogP contribution is 2.36. The molecule has 146 valence electrons. The van der Waals surface area contributed by atoms with Gasteiger partial charge in [0.25, 0.3) is 0 Å². The van der Waals surface area contributed by atoms with Gasteiger partial charge in [-0.1, -0.05) is 11.6 Å². The molecular formula is C20H20ClFN4O2.